The maximum Gasteiger partial charge on any atom is 0.236 e. The van der Waals surface area contributed by atoms with E-state index in [-0.39, 0.29) is 11.3 Å². The smallest absolute Gasteiger partial charge is 0.236 e. The van der Waals surface area contributed by atoms with Crippen LogP contribution >= 0.6 is 0 Å². The SMILES string of the molecule is CN(CCCCC(C)(C)CN)CC(=O)N(C)C. The Kier molecular flexibility index (Phi) is 7.39. The molecule has 0 aliphatic rings. The second-order valence-electron chi connectivity index (χ2n) is 5.85. The van der Waals surface area contributed by atoms with Crippen molar-refractivity contribution < 1.29 is 4.79 Å². The average molecular weight is 243 g/mol. The van der Waals surface area contributed by atoms with Crippen LogP contribution in [0.5, 0.6) is 0 Å². The molecule has 0 bridgehead atoms. The summed E-state index contributed by atoms with van der Waals surface area (Å²) in [6.45, 7) is 6.62. The van der Waals surface area contributed by atoms with Crippen LogP contribution in [0.3, 0.4) is 0 Å². The topological polar surface area (TPSA) is 49.6 Å². The van der Waals surface area contributed by atoms with Crippen LogP contribution in [0.1, 0.15) is 33.1 Å². The largest absolute Gasteiger partial charge is 0.348 e. The van der Waals surface area contributed by atoms with Crippen molar-refractivity contribution in [2.24, 2.45) is 11.1 Å². The molecule has 102 valence electrons. The van der Waals surface area contributed by atoms with Gasteiger partial charge in [-0.05, 0) is 38.4 Å². The molecule has 0 aromatic carbocycles. The number of likely N-dealkylation sites (N-methyl/N-ethyl adjacent to an activating group) is 2. The van der Waals surface area contributed by atoms with Crippen LogP contribution in [0.2, 0.25) is 0 Å². The highest BCUT2D eigenvalue weighted by molar-refractivity contribution is 5.77. The van der Waals surface area contributed by atoms with E-state index in [1.807, 2.05) is 7.05 Å². The molecule has 17 heavy (non-hydrogen) atoms. The summed E-state index contributed by atoms with van der Waals surface area (Å²) >= 11 is 0. The van der Waals surface area contributed by atoms with Gasteiger partial charge in [-0.25, -0.2) is 0 Å². The summed E-state index contributed by atoms with van der Waals surface area (Å²) in [5.74, 6) is 0.162. The molecule has 1 amide bonds. The lowest BCUT2D eigenvalue weighted by Crippen LogP contribution is -2.34. The lowest BCUT2D eigenvalue weighted by atomic mass is 9.87. The fourth-order valence-electron chi connectivity index (χ4n) is 1.54. The van der Waals surface area contributed by atoms with Crippen LogP contribution in [-0.4, -0.2) is 56.5 Å². The van der Waals surface area contributed by atoms with Gasteiger partial charge in [0, 0.05) is 14.1 Å². The van der Waals surface area contributed by atoms with Gasteiger partial charge in [-0.2, -0.15) is 0 Å². The third-order valence-corrected chi connectivity index (χ3v) is 3.10. The van der Waals surface area contributed by atoms with E-state index in [2.05, 4.69) is 18.7 Å². The Morgan fingerprint density at radius 1 is 1.18 bits per heavy atom. The molecule has 0 saturated carbocycles. The molecule has 0 fully saturated rings. The van der Waals surface area contributed by atoms with Gasteiger partial charge in [0.15, 0.2) is 0 Å². The van der Waals surface area contributed by atoms with Crippen LogP contribution in [0.25, 0.3) is 0 Å². The van der Waals surface area contributed by atoms with Crippen LogP contribution in [0.4, 0.5) is 0 Å². The number of hydrogen-bond donors (Lipinski definition) is 1. The molecule has 0 rings (SSSR count). The average Bonchev–Trinajstić information content (AvgIpc) is 2.24. The first kappa shape index (κ1) is 16.4. The highest BCUT2D eigenvalue weighted by Crippen LogP contribution is 2.21. The number of rotatable bonds is 8. The third-order valence-electron chi connectivity index (χ3n) is 3.10. The maximum atomic E-state index is 11.5. The van der Waals surface area contributed by atoms with Gasteiger partial charge >= 0.3 is 0 Å². The van der Waals surface area contributed by atoms with Gasteiger partial charge in [0.05, 0.1) is 6.54 Å². The Balaban J connectivity index is 3.65. The monoisotopic (exact) mass is 243 g/mol. The van der Waals surface area contributed by atoms with Crippen molar-refractivity contribution in [2.75, 3.05) is 40.8 Å². The molecule has 0 unspecified atom stereocenters. The first-order valence-corrected chi connectivity index (χ1v) is 6.37. The minimum absolute atomic E-state index is 0.162. The highest BCUT2D eigenvalue weighted by Gasteiger charge is 2.14. The Morgan fingerprint density at radius 2 is 1.76 bits per heavy atom. The Morgan fingerprint density at radius 3 is 2.24 bits per heavy atom. The lowest BCUT2D eigenvalue weighted by Gasteiger charge is -2.23. The normalized spacial score (nSPS) is 11.9. The number of carbonyl (C=O) groups is 1. The van der Waals surface area contributed by atoms with Gasteiger partial charge in [-0.3, -0.25) is 9.69 Å². The quantitative estimate of drug-likeness (QED) is 0.651. The number of unbranched alkanes of at least 4 members (excludes halogenated alkanes) is 1. The first-order valence-electron chi connectivity index (χ1n) is 6.37. The fourth-order valence-corrected chi connectivity index (χ4v) is 1.54. The summed E-state index contributed by atoms with van der Waals surface area (Å²) in [5.41, 5.74) is 5.93. The predicted octanol–water partition coefficient (Wildman–Crippen LogP) is 1.16. The molecule has 2 N–H and O–H groups in total. The number of hydrogen-bond acceptors (Lipinski definition) is 3. The van der Waals surface area contributed by atoms with E-state index in [4.69, 9.17) is 5.73 Å². The second kappa shape index (κ2) is 7.67. The van der Waals surface area contributed by atoms with Gasteiger partial charge < -0.3 is 10.6 Å². The van der Waals surface area contributed by atoms with Crippen molar-refractivity contribution in [3.8, 4) is 0 Å². The highest BCUT2D eigenvalue weighted by atomic mass is 16.2. The molecular formula is C13H29N3O. The lowest BCUT2D eigenvalue weighted by molar-refractivity contribution is -0.129. The molecule has 0 atom stereocenters. The van der Waals surface area contributed by atoms with Crippen molar-refractivity contribution >= 4 is 5.91 Å². The molecular weight excluding hydrogens is 214 g/mol. The molecule has 0 aromatic heterocycles. The zero-order valence-corrected chi connectivity index (χ0v) is 12.1. The summed E-state index contributed by atoms with van der Waals surface area (Å²) in [4.78, 5) is 15.2. The van der Waals surface area contributed by atoms with E-state index >= 15 is 0 Å². The van der Waals surface area contributed by atoms with E-state index in [0.717, 1.165) is 25.9 Å². The number of amides is 1. The van der Waals surface area contributed by atoms with E-state index in [1.54, 1.807) is 19.0 Å². The van der Waals surface area contributed by atoms with Crippen molar-refractivity contribution in [1.29, 1.82) is 0 Å². The van der Waals surface area contributed by atoms with Gasteiger partial charge in [0.25, 0.3) is 0 Å². The first-order chi connectivity index (χ1) is 7.78. The molecule has 0 aliphatic carbocycles. The van der Waals surface area contributed by atoms with E-state index in [0.29, 0.717) is 6.54 Å². The van der Waals surface area contributed by atoms with Gasteiger partial charge in [-0.1, -0.05) is 20.3 Å². The third kappa shape index (κ3) is 8.16. The van der Waals surface area contributed by atoms with Gasteiger partial charge in [0.2, 0.25) is 5.91 Å². The van der Waals surface area contributed by atoms with Crippen molar-refractivity contribution in [1.82, 2.24) is 9.80 Å². The van der Waals surface area contributed by atoms with Crippen LogP contribution in [0, 0.1) is 5.41 Å². The molecule has 0 saturated heterocycles. The minimum Gasteiger partial charge on any atom is -0.348 e. The van der Waals surface area contributed by atoms with Crippen molar-refractivity contribution in [2.45, 2.75) is 33.1 Å². The summed E-state index contributed by atoms with van der Waals surface area (Å²) < 4.78 is 0. The number of carbonyl (C=O) groups excluding carboxylic acids is 1. The standard InChI is InChI=1S/C13H29N3O/c1-13(2,11-14)8-6-7-9-16(5)10-12(17)15(3)4/h6-11,14H2,1-5H3. The Hall–Kier alpha value is -0.610. The molecule has 4 nitrogen and oxygen atoms in total. The van der Waals surface area contributed by atoms with Gasteiger partial charge in [-0.15, -0.1) is 0 Å². The zero-order valence-electron chi connectivity index (χ0n) is 12.1. The van der Waals surface area contributed by atoms with Crippen molar-refractivity contribution in [3.63, 3.8) is 0 Å². The van der Waals surface area contributed by atoms with E-state index in [9.17, 15) is 4.79 Å². The second-order valence-corrected chi connectivity index (χ2v) is 5.85. The molecule has 4 heteroatoms. The fraction of sp³-hybridized carbons (Fsp3) is 0.923. The maximum absolute atomic E-state index is 11.5. The summed E-state index contributed by atoms with van der Waals surface area (Å²) in [5, 5.41) is 0. The Bertz CT molecular complexity index is 227. The molecule has 0 heterocycles. The molecule has 0 radical (unpaired) electrons. The summed E-state index contributed by atoms with van der Waals surface area (Å²) in [6, 6.07) is 0. The minimum atomic E-state index is 0.162. The van der Waals surface area contributed by atoms with Crippen LogP contribution in [-0.2, 0) is 4.79 Å². The molecule has 0 spiro atoms. The van der Waals surface area contributed by atoms with E-state index in [1.165, 1.54) is 6.42 Å². The Labute approximate surface area is 106 Å². The predicted molar refractivity (Wildman–Crippen MR) is 72.9 cm³/mol. The molecule has 0 aromatic rings. The molecule has 0 aliphatic heterocycles. The van der Waals surface area contributed by atoms with E-state index < -0.39 is 0 Å². The van der Waals surface area contributed by atoms with Crippen LogP contribution in [0.15, 0.2) is 0 Å². The zero-order chi connectivity index (χ0) is 13.5. The summed E-state index contributed by atoms with van der Waals surface area (Å²) in [7, 11) is 5.58. The van der Waals surface area contributed by atoms with Crippen molar-refractivity contribution in [3.05, 3.63) is 0 Å². The summed E-state index contributed by atoms with van der Waals surface area (Å²) in [6.07, 6.45) is 3.45. The van der Waals surface area contributed by atoms with Crippen LogP contribution < -0.4 is 5.73 Å². The number of nitrogens with two attached hydrogens (primary N) is 1. The number of nitrogens with zero attached hydrogens (tertiary/aromatic N) is 2. The van der Waals surface area contributed by atoms with Gasteiger partial charge in [0.1, 0.15) is 0 Å².